The molecule has 0 bridgehead atoms. The maximum Gasteiger partial charge on any atom is 0.258 e. The molecule has 200 valence electrons. The molecule has 0 fully saturated rings. The van der Waals surface area contributed by atoms with Crippen molar-refractivity contribution >= 4 is 22.4 Å². The molecule has 0 spiro atoms. The SMILES string of the molecule is CCN(CC)CCOc1ccc(Nc2cc3c(cn2)cc(-c2c(C)c(C)cc(C)c2C)c(=O)n3CC)cc1. The van der Waals surface area contributed by atoms with Crippen molar-refractivity contribution in [1.82, 2.24) is 14.5 Å². The number of ether oxygens (including phenoxy) is 1. The maximum atomic E-state index is 13.7. The lowest BCUT2D eigenvalue weighted by Gasteiger charge is -2.18. The Labute approximate surface area is 226 Å². The van der Waals surface area contributed by atoms with Crippen LogP contribution in [0, 0.1) is 27.7 Å². The Bertz CT molecular complexity index is 1460. The lowest BCUT2D eigenvalue weighted by molar-refractivity contribution is 0.223. The first-order valence-corrected chi connectivity index (χ1v) is 13.6. The molecule has 0 atom stereocenters. The third-order valence-corrected chi connectivity index (χ3v) is 7.63. The molecule has 0 aliphatic heterocycles. The second kappa shape index (κ2) is 11.8. The van der Waals surface area contributed by atoms with E-state index in [0.29, 0.717) is 19.0 Å². The highest BCUT2D eigenvalue weighted by Gasteiger charge is 2.17. The highest BCUT2D eigenvalue weighted by atomic mass is 16.5. The number of aryl methyl sites for hydroxylation is 3. The molecule has 4 rings (SSSR count). The van der Waals surface area contributed by atoms with Crippen molar-refractivity contribution in [2.75, 3.05) is 31.6 Å². The number of nitrogens with zero attached hydrogens (tertiary/aromatic N) is 3. The highest BCUT2D eigenvalue weighted by molar-refractivity contribution is 5.87. The Balaban J connectivity index is 1.61. The van der Waals surface area contributed by atoms with Crippen LogP contribution < -0.4 is 15.6 Å². The fraction of sp³-hybridized carbons (Fsp3) is 0.375. The molecule has 38 heavy (non-hydrogen) atoms. The smallest absolute Gasteiger partial charge is 0.258 e. The van der Waals surface area contributed by atoms with E-state index in [1.807, 2.05) is 54.1 Å². The van der Waals surface area contributed by atoms with Crippen LogP contribution in [0.3, 0.4) is 0 Å². The van der Waals surface area contributed by atoms with E-state index >= 15 is 0 Å². The summed E-state index contributed by atoms with van der Waals surface area (Å²) in [6.45, 7) is 19.0. The van der Waals surface area contributed by atoms with Gasteiger partial charge in [-0.15, -0.1) is 0 Å². The average Bonchev–Trinajstić information content (AvgIpc) is 2.91. The van der Waals surface area contributed by atoms with Crippen LogP contribution in [-0.4, -0.2) is 40.7 Å². The number of hydrogen-bond donors (Lipinski definition) is 1. The fourth-order valence-electron chi connectivity index (χ4n) is 5.07. The molecule has 0 saturated carbocycles. The van der Waals surface area contributed by atoms with Gasteiger partial charge in [0.1, 0.15) is 18.2 Å². The van der Waals surface area contributed by atoms with Gasteiger partial charge in [0.15, 0.2) is 0 Å². The number of aromatic nitrogens is 2. The normalized spacial score (nSPS) is 11.4. The van der Waals surface area contributed by atoms with Gasteiger partial charge in [0.2, 0.25) is 0 Å². The Morgan fingerprint density at radius 2 is 1.58 bits per heavy atom. The van der Waals surface area contributed by atoms with E-state index in [0.717, 1.165) is 64.2 Å². The molecule has 0 amide bonds. The largest absolute Gasteiger partial charge is 0.492 e. The first-order chi connectivity index (χ1) is 18.3. The van der Waals surface area contributed by atoms with Gasteiger partial charge >= 0.3 is 0 Å². The molecule has 2 aromatic carbocycles. The number of benzene rings is 2. The topological polar surface area (TPSA) is 59.4 Å². The summed E-state index contributed by atoms with van der Waals surface area (Å²) in [5, 5.41) is 4.32. The quantitative estimate of drug-likeness (QED) is 0.254. The molecule has 0 radical (unpaired) electrons. The second-order valence-electron chi connectivity index (χ2n) is 9.90. The summed E-state index contributed by atoms with van der Waals surface area (Å²) < 4.78 is 7.75. The van der Waals surface area contributed by atoms with E-state index in [9.17, 15) is 4.79 Å². The third kappa shape index (κ3) is 5.60. The zero-order valence-electron chi connectivity index (χ0n) is 23.8. The van der Waals surface area contributed by atoms with E-state index in [1.165, 1.54) is 11.1 Å². The average molecular weight is 513 g/mol. The lowest BCUT2D eigenvalue weighted by atomic mass is 9.90. The predicted molar refractivity (Wildman–Crippen MR) is 159 cm³/mol. The van der Waals surface area contributed by atoms with Crippen molar-refractivity contribution in [2.24, 2.45) is 0 Å². The summed E-state index contributed by atoms with van der Waals surface area (Å²) in [5.74, 6) is 1.54. The first-order valence-electron chi connectivity index (χ1n) is 13.6. The van der Waals surface area contributed by atoms with Crippen LogP contribution in [0.2, 0.25) is 0 Å². The van der Waals surface area contributed by atoms with Crippen LogP contribution in [-0.2, 0) is 6.54 Å². The Kier molecular flexibility index (Phi) is 8.52. The number of likely N-dealkylation sites (N-methyl/N-ethyl adjacent to an activating group) is 1. The van der Waals surface area contributed by atoms with Crippen LogP contribution in [0.4, 0.5) is 11.5 Å². The monoisotopic (exact) mass is 512 g/mol. The van der Waals surface area contributed by atoms with Crippen molar-refractivity contribution < 1.29 is 4.74 Å². The molecule has 6 heteroatoms. The fourth-order valence-corrected chi connectivity index (χ4v) is 5.07. The zero-order chi connectivity index (χ0) is 27.4. The summed E-state index contributed by atoms with van der Waals surface area (Å²) >= 11 is 0. The number of fused-ring (bicyclic) bond motifs is 1. The van der Waals surface area contributed by atoms with Gasteiger partial charge in [-0.05, 0) is 106 Å². The molecular formula is C32H40N4O2. The van der Waals surface area contributed by atoms with Crippen LogP contribution in [0.1, 0.15) is 43.0 Å². The van der Waals surface area contributed by atoms with E-state index < -0.39 is 0 Å². The van der Waals surface area contributed by atoms with E-state index in [2.05, 4.69) is 62.8 Å². The summed E-state index contributed by atoms with van der Waals surface area (Å²) in [6.07, 6.45) is 1.85. The summed E-state index contributed by atoms with van der Waals surface area (Å²) in [5.41, 5.74) is 8.29. The van der Waals surface area contributed by atoms with Crippen molar-refractivity contribution in [1.29, 1.82) is 0 Å². The first kappa shape index (κ1) is 27.4. The lowest BCUT2D eigenvalue weighted by Crippen LogP contribution is -2.27. The Morgan fingerprint density at radius 3 is 2.18 bits per heavy atom. The third-order valence-electron chi connectivity index (χ3n) is 7.63. The van der Waals surface area contributed by atoms with Crippen LogP contribution in [0.15, 0.2) is 53.5 Å². The van der Waals surface area contributed by atoms with Gasteiger partial charge in [0, 0.05) is 42.0 Å². The number of anilines is 2. The number of hydrogen-bond acceptors (Lipinski definition) is 5. The minimum atomic E-state index is 0.0274. The molecular weight excluding hydrogens is 472 g/mol. The van der Waals surface area contributed by atoms with Crippen LogP contribution >= 0.6 is 0 Å². The summed E-state index contributed by atoms with van der Waals surface area (Å²) in [4.78, 5) is 20.7. The van der Waals surface area contributed by atoms with Gasteiger partial charge in [0.05, 0.1) is 5.52 Å². The van der Waals surface area contributed by atoms with Gasteiger partial charge in [0.25, 0.3) is 5.56 Å². The van der Waals surface area contributed by atoms with Crippen molar-refractivity contribution in [2.45, 2.75) is 55.0 Å². The Hall–Kier alpha value is -3.64. The highest BCUT2D eigenvalue weighted by Crippen LogP contribution is 2.32. The Morgan fingerprint density at radius 1 is 0.921 bits per heavy atom. The minimum Gasteiger partial charge on any atom is -0.492 e. The van der Waals surface area contributed by atoms with Gasteiger partial charge in [-0.1, -0.05) is 19.9 Å². The van der Waals surface area contributed by atoms with Gasteiger partial charge in [-0.2, -0.15) is 0 Å². The van der Waals surface area contributed by atoms with Crippen molar-refractivity contribution in [3.63, 3.8) is 0 Å². The molecule has 0 saturated heterocycles. The molecule has 0 aliphatic rings. The molecule has 1 N–H and O–H groups in total. The minimum absolute atomic E-state index is 0.0274. The van der Waals surface area contributed by atoms with E-state index in [-0.39, 0.29) is 5.56 Å². The molecule has 4 aromatic rings. The zero-order valence-corrected chi connectivity index (χ0v) is 23.8. The molecule has 6 nitrogen and oxygen atoms in total. The number of rotatable bonds is 10. The van der Waals surface area contributed by atoms with Crippen molar-refractivity contribution in [3.05, 3.63) is 81.3 Å². The number of nitrogens with one attached hydrogen (secondary N) is 1. The second-order valence-corrected chi connectivity index (χ2v) is 9.90. The maximum absolute atomic E-state index is 13.7. The number of pyridine rings is 2. The molecule has 0 aliphatic carbocycles. The van der Waals surface area contributed by atoms with Gasteiger partial charge < -0.3 is 19.5 Å². The van der Waals surface area contributed by atoms with Gasteiger partial charge in [-0.25, -0.2) is 4.98 Å². The van der Waals surface area contributed by atoms with Crippen LogP contribution in [0.25, 0.3) is 22.0 Å². The summed E-state index contributed by atoms with van der Waals surface area (Å²) in [6, 6.07) is 14.1. The summed E-state index contributed by atoms with van der Waals surface area (Å²) in [7, 11) is 0. The molecule has 0 unspecified atom stereocenters. The van der Waals surface area contributed by atoms with Gasteiger partial charge in [-0.3, -0.25) is 4.79 Å². The van der Waals surface area contributed by atoms with Crippen molar-refractivity contribution in [3.8, 4) is 16.9 Å². The standard InChI is InChI=1S/C32H40N4O2/c1-8-35(9-2)15-16-38-27-13-11-26(12-14-27)34-30-19-29-25(20-33-30)18-28(32(37)36(29)10-3)31-23(6)21(4)17-22(5)24(31)7/h11-14,17-20H,8-10,15-16H2,1-7H3,(H,33,34). The van der Waals surface area contributed by atoms with E-state index in [1.54, 1.807) is 0 Å². The van der Waals surface area contributed by atoms with E-state index in [4.69, 9.17) is 4.74 Å². The van der Waals surface area contributed by atoms with Crippen LogP contribution in [0.5, 0.6) is 5.75 Å². The predicted octanol–water partition coefficient (Wildman–Crippen LogP) is 6.78. The molecule has 2 heterocycles. The molecule has 2 aromatic heterocycles.